The summed E-state index contributed by atoms with van der Waals surface area (Å²) in [6.07, 6.45) is 4.57. The monoisotopic (exact) mass is 464 g/mol. The second-order valence-electron chi connectivity index (χ2n) is 9.43. The van der Waals surface area contributed by atoms with E-state index in [-0.39, 0.29) is 11.0 Å². The first kappa shape index (κ1) is 23.0. The van der Waals surface area contributed by atoms with Gasteiger partial charge in [0.2, 0.25) is 10.0 Å². The number of furan rings is 1. The molecule has 1 N–H and O–H groups in total. The van der Waals surface area contributed by atoms with E-state index >= 15 is 0 Å². The average Bonchev–Trinajstić information content (AvgIpc) is 3.16. The first-order chi connectivity index (χ1) is 15.4. The Morgan fingerprint density at radius 2 is 1.70 bits per heavy atom. The number of pyridine rings is 1. The highest BCUT2D eigenvalue weighted by atomic mass is 32.2. The quantitative estimate of drug-likeness (QED) is 0.443. The molecule has 0 aliphatic carbocycles. The van der Waals surface area contributed by atoms with Gasteiger partial charge in [-0.3, -0.25) is 4.79 Å². The number of aromatic amines is 1. The fourth-order valence-corrected chi connectivity index (χ4v) is 4.27. The lowest BCUT2D eigenvalue weighted by atomic mass is 9.83. The van der Waals surface area contributed by atoms with Crippen molar-refractivity contribution in [2.24, 2.45) is 0 Å². The Kier molecular flexibility index (Phi) is 5.80. The second kappa shape index (κ2) is 8.32. The largest absolute Gasteiger partial charge is 0.463 e. The molecule has 0 bridgehead atoms. The van der Waals surface area contributed by atoms with Gasteiger partial charge in [0.15, 0.2) is 0 Å². The fraction of sp³-hybridized carbons (Fsp3) is 0.269. The van der Waals surface area contributed by atoms with E-state index in [2.05, 4.69) is 25.8 Å². The van der Waals surface area contributed by atoms with Crippen LogP contribution in [0, 0.1) is 0 Å². The van der Waals surface area contributed by atoms with E-state index in [1.165, 1.54) is 10.6 Å². The van der Waals surface area contributed by atoms with Crippen LogP contribution in [0.4, 0.5) is 0 Å². The van der Waals surface area contributed by atoms with Gasteiger partial charge < -0.3 is 9.40 Å². The lowest BCUT2D eigenvalue weighted by Crippen LogP contribution is -2.24. The third-order valence-electron chi connectivity index (χ3n) is 5.85. The van der Waals surface area contributed by atoms with Gasteiger partial charge in [-0.15, -0.1) is 0 Å². The smallest absolute Gasteiger partial charge is 0.255 e. The molecule has 6 nitrogen and oxygen atoms in total. The lowest BCUT2D eigenvalue weighted by Gasteiger charge is -2.20. The normalized spacial score (nSPS) is 12.5. The van der Waals surface area contributed by atoms with Crippen LogP contribution in [0.3, 0.4) is 0 Å². The van der Waals surface area contributed by atoms with Crippen LogP contribution in [0.25, 0.3) is 33.2 Å². The molecule has 2 aromatic carbocycles. The van der Waals surface area contributed by atoms with Crippen molar-refractivity contribution < 1.29 is 12.8 Å². The summed E-state index contributed by atoms with van der Waals surface area (Å²) in [4.78, 5) is 15.2. The molecule has 0 aliphatic heterocycles. The number of aromatic nitrogens is 1. The first-order valence-electron chi connectivity index (χ1n) is 10.7. The number of nitrogens with zero attached hydrogens (tertiary/aromatic N) is 1. The van der Waals surface area contributed by atoms with Crippen LogP contribution in [-0.4, -0.2) is 31.0 Å². The van der Waals surface area contributed by atoms with Crippen molar-refractivity contribution in [3.05, 3.63) is 82.5 Å². The van der Waals surface area contributed by atoms with Gasteiger partial charge in [-0.25, -0.2) is 12.7 Å². The van der Waals surface area contributed by atoms with E-state index in [4.69, 9.17) is 4.42 Å². The summed E-state index contributed by atoms with van der Waals surface area (Å²) in [5, 5.41) is 0.932. The van der Waals surface area contributed by atoms with Gasteiger partial charge in [-0.2, -0.15) is 0 Å². The van der Waals surface area contributed by atoms with Crippen LogP contribution in [-0.2, 0) is 22.0 Å². The molecular formula is C26H28N2O4S. The predicted octanol–water partition coefficient (Wildman–Crippen LogP) is 5.14. The number of nitrogens with one attached hydrogen (secondary N) is 1. The van der Waals surface area contributed by atoms with Crippen LogP contribution in [0.1, 0.15) is 31.9 Å². The molecule has 0 unspecified atom stereocenters. The van der Waals surface area contributed by atoms with Gasteiger partial charge in [0.05, 0.1) is 12.5 Å². The summed E-state index contributed by atoms with van der Waals surface area (Å²) in [6, 6.07) is 15.4. The molecule has 0 atom stereocenters. The topological polar surface area (TPSA) is 83.4 Å². The van der Waals surface area contributed by atoms with Crippen molar-refractivity contribution in [1.82, 2.24) is 9.29 Å². The highest BCUT2D eigenvalue weighted by Crippen LogP contribution is 2.39. The van der Waals surface area contributed by atoms with E-state index in [0.29, 0.717) is 12.1 Å². The molecule has 2 heterocycles. The number of hydrogen-bond donors (Lipinski definition) is 1. The standard InChI is InChI=1S/C26H28N2O4S/c1-26(2,3)23-14-19(20-7-6-12-27-25(20)29)13-21-22(16-32-24(21)23)18-10-8-17(9-11-18)15-28(4)33(5,30)31/h6-14,16H,15H2,1-5H3,(H,27,29). The minimum absolute atomic E-state index is 0.138. The summed E-state index contributed by atoms with van der Waals surface area (Å²) in [6.45, 7) is 6.67. The van der Waals surface area contributed by atoms with E-state index in [1.54, 1.807) is 19.5 Å². The zero-order valence-corrected chi connectivity index (χ0v) is 20.3. The van der Waals surface area contributed by atoms with Crippen molar-refractivity contribution in [2.75, 3.05) is 13.3 Å². The fourth-order valence-electron chi connectivity index (χ4n) is 3.89. The third-order valence-corrected chi connectivity index (χ3v) is 7.11. The van der Waals surface area contributed by atoms with Gasteiger partial charge in [0.25, 0.3) is 5.56 Å². The maximum Gasteiger partial charge on any atom is 0.255 e. The van der Waals surface area contributed by atoms with E-state index in [1.807, 2.05) is 48.5 Å². The average molecular weight is 465 g/mol. The predicted molar refractivity (Wildman–Crippen MR) is 133 cm³/mol. The zero-order chi connectivity index (χ0) is 24.0. The summed E-state index contributed by atoms with van der Waals surface area (Å²) < 4.78 is 30.8. The molecule has 4 aromatic rings. The number of fused-ring (bicyclic) bond motifs is 1. The minimum atomic E-state index is -3.25. The molecule has 33 heavy (non-hydrogen) atoms. The summed E-state index contributed by atoms with van der Waals surface area (Å²) in [7, 11) is -1.68. The van der Waals surface area contributed by atoms with Crippen molar-refractivity contribution >= 4 is 21.0 Å². The van der Waals surface area contributed by atoms with Gasteiger partial charge in [0.1, 0.15) is 5.58 Å². The van der Waals surface area contributed by atoms with E-state index in [0.717, 1.165) is 38.8 Å². The molecular weight excluding hydrogens is 436 g/mol. The molecule has 2 aromatic heterocycles. The number of rotatable bonds is 5. The number of hydrogen-bond acceptors (Lipinski definition) is 4. The number of benzene rings is 2. The maximum atomic E-state index is 12.5. The number of sulfonamides is 1. The van der Waals surface area contributed by atoms with Crippen molar-refractivity contribution in [3.8, 4) is 22.3 Å². The Morgan fingerprint density at radius 1 is 1.00 bits per heavy atom. The highest BCUT2D eigenvalue weighted by Gasteiger charge is 2.23. The van der Waals surface area contributed by atoms with Crippen molar-refractivity contribution in [1.29, 1.82) is 0 Å². The van der Waals surface area contributed by atoms with Crippen LogP contribution in [0.5, 0.6) is 0 Å². The number of H-pyrrole nitrogens is 1. The molecule has 0 amide bonds. The summed E-state index contributed by atoms with van der Waals surface area (Å²) in [5.41, 5.74) is 5.72. The van der Waals surface area contributed by atoms with Crippen LogP contribution in [0.2, 0.25) is 0 Å². The van der Waals surface area contributed by atoms with E-state index < -0.39 is 10.0 Å². The zero-order valence-electron chi connectivity index (χ0n) is 19.5. The lowest BCUT2D eigenvalue weighted by molar-refractivity contribution is 0.472. The first-order valence-corrected chi connectivity index (χ1v) is 12.5. The Bertz CT molecular complexity index is 1470. The molecule has 0 radical (unpaired) electrons. The highest BCUT2D eigenvalue weighted by molar-refractivity contribution is 7.88. The molecule has 172 valence electrons. The Morgan fingerprint density at radius 3 is 2.30 bits per heavy atom. The molecule has 0 aliphatic rings. The van der Waals surface area contributed by atoms with E-state index in [9.17, 15) is 13.2 Å². The minimum Gasteiger partial charge on any atom is -0.463 e. The molecule has 0 fully saturated rings. The SMILES string of the molecule is CN(Cc1ccc(-c2coc3c(C(C)(C)C)cc(-c4ccc[nH]c4=O)cc23)cc1)S(C)(=O)=O. The van der Waals surface area contributed by atoms with Crippen LogP contribution < -0.4 is 5.56 Å². The second-order valence-corrected chi connectivity index (χ2v) is 11.5. The Hall–Kier alpha value is -3.16. The Labute approximate surface area is 193 Å². The van der Waals surface area contributed by atoms with Gasteiger partial charge in [-0.1, -0.05) is 45.0 Å². The summed E-state index contributed by atoms with van der Waals surface area (Å²) in [5.74, 6) is 0. The molecule has 0 saturated heterocycles. The molecule has 0 spiro atoms. The van der Waals surface area contributed by atoms with Crippen molar-refractivity contribution in [3.63, 3.8) is 0 Å². The van der Waals surface area contributed by atoms with Gasteiger partial charge in [-0.05, 0) is 46.4 Å². The molecule has 7 heteroatoms. The Balaban J connectivity index is 1.83. The van der Waals surface area contributed by atoms with Gasteiger partial charge in [0, 0.05) is 41.9 Å². The van der Waals surface area contributed by atoms with Crippen LogP contribution in [0.15, 0.2) is 70.2 Å². The maximum absolute atomic E-state index is 12.5. The third kappa shape index (κ3) is 4.65. The summed E-state index contributed by atoms with van der Waals surface area (Å²) >= 11 is 0. The molecule has 0 saturated carbocycles. The van der Waals surface area contributed by atoms with Crippen LogP contribution >= 0.6 is 0 Å². The van der Waals surface area contributed by atoms with Gasteiger partial charge >= 0.3 is 0 Å². The van der Waals surface area contributed by atoms with Crippen molar-refractivity contribution in [2.45, 2.75) is 32.7 Å². The molecule has 4 rings (SSSR count).